The molecule has 1 N–H and O–H groups in total. The maximum Gasteiger partial charge on any atom is 0.389 e. The maximum atomic E-state index is 11.9. The number of rotatable bonds is 7. The van der Waals surface area contributed by atoms with Gasteiger partial charge in [-0.2, -0.15) is 13.2 Å². The number of benzene rings is 1. The largest absolute Gasteiger partial charge is 0.389 e. The van der Waals surface area contributed by atoms with Gasteiger partial charge in [-0.25, -0.2) is 0 Å². The van der Waals surface area contributed by atoms with Gasteiger partial charge >= 0.3 is 6.18 Å². The summed E-state index contributed by atoms with van der Waals surface area (Å²) in [5.74, 6) is 0. The predicted molar refractivity (Wildman–Crippen MR) is 69.7 cm³/mol. The van der Waals surface area contributed by atoms with E-state index in [2.05, 4.69) is 5.32 Å². The van der Waals surface area contributed by atoms with Crippen molar-refractivity contribution in [3.05, 3.63) is 38.9 Å². The van der Waals surface area contributed by atoms with Crippen molar-refractivity contribution in [2.45, 2.75) is 32.0 Å². The summed E-state index contributed by atoms with van der Waals surface area (Å²) in [4.78, 5) is 10.1. The fourth-order valence-corrected chi connectivity index (χ4v) is 1.79. The van der Waals surface area contributed by atoms with Crippen LogP contribution in [0.3, 0.4) is 0 Å². The molecule has 1 aromatic carbocycles. The quantitative estimate of drug-likeness (QED) is 0.469. The van der Waals surface area contributed by atoms with Crippen LogP contribution in [0.5, 0.6) is 0 Å². The molecule has 0 aliphatic rings. The van der Waals surface area contributed by atoms with Crippen LogP contribution in [-0.4, -0.2) is 17.6 Å². The van der Waals surface area contributed by atoms with Crippen molar-refractivity contribution in [2.24, 2.45) is 0 Å². The molecule has 4 nitrogen and oxygen atoms in total. The van der Waals surface area contributed by atoms with E-state index in [0.717, 1.165) is 0 Å². The Morgan fingerprint density at radius 1 is 1.30 bits per heavy atom. The average molecular weight is 311 g/mol. The van der Waals surface area contributed by atoms with Crippen molar-refractivity contribution < 1.29 is 18.1 Å². The number of nitro groups is 1. The molecule has 0 aromatic heterocycles. The molecule has 0 fully saturated rings. The van der Waals surface area contributed by atoms with Crippen molar-refractivity contribution in [3.8, 4) is 0 Å². The monoisotopic (exact) mass is 310 g/mol. The SMILES string of the molecule is O=[N+]([O-])c1ccc(Cl)c(CNCCCCC(F)(F)F)c1. The first-order chi connectivity index (χ1) is 9.29. The molecule has 112 valence electrons. The summed E-state index contributed by atoms with van der Waals surface area (Å²) in [7, 11) is 0. The first-order valence-corrected chi connectivity index (χ1v) is 6.37. The van der Waals surface area contributed by atoms with Gasteiger partial charge in [0.2, 0.25) is 0 Å². The molecule has 8 heteroatoms. The van der Waals surface area contributed by atoms with Crippen LogP contribution in [0.1, 0.15) is 24.8 Å². The van der Waals surface area contributed by atoms with Crippen LogP contribution >= 0.6 is 11.6 Å². The Labute approximate surface area is 119 Å². The van der Waals surface area contributed by atoms with Crippen molar-refractivity contribution in [1.82, 2.24) is 5.32 Å². The normalized spacial score (nSPS) is 11.6. The number of nitro benzene ring substituents is 1. The lowest BCUT2D eigenvalue weighted by atomic mass is 10.2. The highest BCUT2D eigenvalue weighted by Gasteiger charge is 2.25. The summed E-state index contributed by atoms with van der Waals surface area (Å²) < 4.78 is 35.7. The number of alkyl halides is 3. The lowest BCUT2D eigenvalue weighted by Crippen LogP contribution is -2.16. The number of hydrogen-bond donors (Lipinski definition) is 1. The van der Waals surface area contributed by atoms with E-state index in [1.54, 1.807) is 0 Å². The zero-order valence-corrected chi connectivity index (χ0v) is 11.3. The van der Waals surface area contributed by atoms with E-state index in [4.69, 9.17) is 11.6 Å². The van der Waals surface area contributed by atoms with Gasteiger partial charge in [0.25, 0.3) is 5.69 Å². The number of halogens is 4. The number of non-ortho nitro benzene ring substituents is 1. The van der Waals surface area contributed by atoms with Gasteiger partial charge in [0.15, 0.2) is 0 Å². The van der Waals surface area contributed by atoms with E-state index in [-0.39, 0.29) is 18.7 Å². The van der Waals surface area contributed by atoms with Crippen molar-refractivity contribution in [1.29, 1.82) is 0 Å². The van der Waals surface area contributed by atoms with E-state index in [1.807, 2.05) is 0 Å². The minimum absolute atomic E-state index is 0.0547. The van der Waals surface area contributed by atoms with Gasteiger partial charge in [-0.15, -0.1) is 0 Å². The molecule has 0 aliphatic carbocycles. The second-order valence-electron chi connectivity index (χ2n) is 4.28. The van der Waals surface area contributed by atoms with Crippen molar-refractivity contribution in [2.75, 3.05) is 6.54 Å². The van der Waals surface area contributed by atoms with Crippen LogP contribution in [0.2, 0.25) is 5.02 Å². The zero-order chi connectivity index (χ0) is 15.2. The van der Waals surface area contributed by atoms with Gasteiger partial charge in [-0.1, -0.05) is 11.6 Å². The fraction of sp³-hybridized carbons (Fsp3) is 0.500. The smallest absolute Gasteiger partial charge is 0.313 e. The number of nitrogens with zero attached hydrogens (tertiary/aromatic N) is 1. The first-order valence-electron chi connectivity index (χ1n) is 6.00. The van der Waals surface area contributed by atoms with E-state index in [1.165, 1.54) is 18.2 Å². The molecule has 0 saturated heterocycles. The number of hydrogen-bond acceptors (Lipinski definition) is 3. The number of nitrogens with one attached hydrogen (secondary N) is 1. The fourth-order valence-electron chi connectivity index (χ4n) is 1.61. The molecule has 0 bridgehead atoms. The van der Waals surface area contributed by atoms with Gasteiger partial charge in [0.1, 0.15) is 0 Å². The summed E-state index contributed by atoms with van der Waals surface area (Å²) in [6.45, 7) is 0.682. The lowest BCUT2D eigenvalue weighted by Gasteiger charge is -2.08. The topological polar surface area (TPSA) is 55.2 Å². The molecule has 1 aromatic rings. The molecular formula is C12H14ClF3N2O2. The van der Waals surface area contributed by atoms with Crippen LogP contribution in [0.4, 0.5) is 18.9 Å². The van der Waals surface area contributed by atoms with Crippen molar-refractivity contribution in [3.63, 3.8) is 0 Å². The minimum atomic E-state index is -4.12. The summed E-state index contributed by atoms with van der Waals surface area (Å²) in [5.41, 5.74) is 0.486. The summed E-state index contributed by atoms with van der Waals surface area (Å²) >= 11 is 5.89. The lowest BCUT2D eigenvalue weighted by molar-refractivity contribution is -0.384. The summed E-state index contributed by atoms with van der Waals surface area (Å²) in [6, 6.07) is 4.08. The molecule has 20 heavy (non-hydrogen) atoms. The molecule has 0 amide bonds. The Morgan fingerprint density at radius 2 is 2.00 bits per heavy atom. The molecule has 1 rings (SSSR count). The molecule has 0 spiro atoms. The highest BCUT2D eigenvalue weighted by Crippen LogP contribution is 2.23. The molecule has 0 unspecified atom stereocenters. The standard InChI is InChI=1S/C12H14ClF3N2O2/c13-11-4-3-10(18(19)20)7-9(11)8-17-6-2-1-5-12(14,15)16/h3-4,7,17H,1-2,5-6,8H2. The van der Waals surface area contributed by atoms with Crippen LogP contribution in [-0.2, 0) is 6.54 Å². The Morgan fingerprint density at radius 3 is 2.60 bits per heavy atom. The van der Waals surface area contributed by atoms with Crippen molar-refractivity contribution >= 4 is 17.3 Å². The van der Waals surface area contributed by atoms with Crippen LogP contribution in [0.15, 0.2) is 18.2 Å². The predicted octanol–water partition coefficient (Wildman–Crippen LogP) is 4.07. The van der Waals surface area contributed by atoms with E-state index < -0.39 is 17.5 Å². The maximum absolute atomic E-state index is 11.9. The van der Waals surface area contributed by atoms with Gasteiger partial charge in [-0.3, -0.25) is 10.1 Å². The Hall–Kier alpha value is -1.34. The number of unbranched alkanes of at least 4 members (excludes halogenated alkanes) is 1. The van der Waals surface area contributed by atoms with Crippen LogP contribution in [0, 0.1) is 10.1 Å². The third kappa shape index (κ3) is 6.21. The second kappa shape index (κ2) is 7.44. The molecule has 0 saturated carbocycles. The Balaban J connectivity index is 2.35. The Bertz CT molecular complexity index is 467. The van der Waals surface area contributed by atoms with Gasteiger partial charge in [0, 0.05) is 30.1 Å². The third-order valence-electron chi connectivity index (χ3n) is 2.62. The van der Waals surface area contributed by atoms with Crippen LogP contribution in [0.25, 0.3) is 0 Å². The van der Waals surface area contributed by atoms with E-state index >= 15 is 0 Å². The molecular weight excluding hydrogens is 297 g/mol. The molecule has 0 atom stereocenters. The summed E-state index contributed by atoms with van der Waals surface area (Å²) in [6.07, 6.45) is -4.49. The molecule has 0 radical (unpaired) electrons. The second-order valence-corrected chi connectivity index (χ2v) is 4.69. The van der Waals surface area contributed by atoms with Gasteiger partial charge in [0.05, 0.1) is 4.92 Å². The Kier molecular flexibility index (Phi) is 6.22. The molecule has 0 heterocycles. The van der Waals surface area contributed by atoms with E-state index in [0.29, 0.717) is 23.6 Å². The molecule has 0 aliphatic heterocycles. The van der Waals surface area contributed by atoms with E-state index in [9.17, 15) is 23.3 Å². The third-order valence-corrected chi connectivity index (χ3v) is 2.99. The summed E-state index contributed by atoms with van der Waals surface area (Å²) in [5, 5.41) is 13.9. The van der Waals surface area contributed by atoms with Crippen LogP contribution < -0.4 is 5.32 Å². The minimum Gasteiger partial charge on any atom is -0.313 e. The zero-order valence-electron chi connectivity index (χ0n) is 10.5. The average Bonchev–Trinajstić information content (AvgIpc) is 2.34. The first kappa shape index (κ1) is 16.7. The highest BCUT2D eigenvalue weighted by atomic mass is 35.5. The highest BCUT2D eigenvalue weighted by molar-refractivity contribution is 6.31. The van der Waals surface area contributed by atoms with Gasteiger partial charge in [-0.05, 0) is 31.0 Å². The van der Waals surface area contributed by atoms with Gasteiger partial charge < -0.3 is 5.32 Å².